The highest BCUT2D eigenvalue weighted by Crippen LogP contribution is 2.24. The molecule has 3 rings (SSSR count). The predicted octanol–water partition coefficient (Wildman–Crippen LogP) is 5.33. The lowest BCUT2D eigenvalue weighted by atomic mass is 10.2. The maximum atomic E-state index is 5.96. The van der Waals surface area contributed by atoms with Gasteiger partial charge in [0.05, 0.1) is 12.2 Å². The molecular weight excluding hydrogens is 350 g/mol. The van der Waals surface area contributed by atoms with E-state index in [4.69, 9.17) is 14.2 Å². The molecule has 0 aliphatic heterocycles. The summed E-state index contributed by atoms with van der Waals surface area (Å²) in [5.74, 6) is 2.53. The average molecular weight is 377 g/mol. The first-order valence-electron chi connectivity index (χ1n) is 9.57. The molecule has 0 amide bonds. The first kappa shape index (κ1) is 19.6. The van der Waals surface area contributed by atoms with Crippen molar-refractivity contribution in [2.75, 3.05) is 25.1 Å². The standard InChI is InChI=1S/C24H27NO3/c1-19-12-14-22(15-13-19)28-20(2)18-25-23-10-6-7-11-24(23)27-17-16-26-21-8-4-3-5-9-21/h3-15,20,25H,16-18H2,1-2H3. The Morgan fingerprint density at radius 2 is 1.43 bits per heavy atom. The third kappa shape index (κ3) is 6.23. The minimum atomic E-state index is 0.0252. The van der Waals surface area contributed by atoms with E-state index < -0.39 is 0 Å². The number of rotatable bonds is 10. The van der Waals surface area contributed by atoms with E-state index in [9.17, 15) is 0 Å². The molecule has 1 unspecified atom stereocenters. The van der Waals surface area contributed by atoms with Gasteiger partial charge in [-0.05, 0) is 50.2 Å². The monoisotopic (exact) mass is 377 g/mol. The Kier molecular flexibility index (Phi) is 7.19. The van der Waals surface area contributed by atoms with Gasteiger partial charge in [0.15, 0.2) is 0 Å². The van der Waals surface area contributed by atoms with Crippen molar-refractivity contribution in [1.29, 1.82) is 0 Å². The fourth-order valence-corrected chi connectivity index (χ4v) is 2.71. The molecule has 4 nitrogen and oxygen atoms in total. The zero-order chi connectivity index (χ0) is 19.6. The van der Waals surface area contributed by atoms with Crippen molar-refractivity contribution in [3.63, 3.8) is 0 Å². The van der Waals surface area contributed by atoms with E-state index in [0.29, 0.717) is 19.8 Å². The summed E-state index contributed by atoms with van der Waals surface area (Å²) < 4.78 is 17.5. The lowest BCUT2D eigenvalue weighted by Gasteiger charge is -2.18. The summed E-state index contributed by atoms with van der Waals surface area (Å²) >= 11 is 0. The summed E-state index contributed by atoms with van der Waals surface area (Å²) in [6.07, 6.45) is 0.0252. The Morgan fingerprint density at radius 1 is 0.750 bits per heavy atom. The highest BCUT2D eigenvalue weighted by molar-refractivity contribution is 5.56. The van der Waals surface area contributed by atoms with Crippen molar-refractivity contribution in [3.8, 4) is 17.2 Å². The molecule has 0 saturated heterocycles. The number of para-hydroxylation sites is 3. The summed E-state index contributed by atoms with van der Waals surface area (Å²) in [6.45, 7) is 5.75. The van der Waals surface area contributed by atoms with Gasteiger partial charge in [0.1, 0.15) is 36.6 Å². The summed E-state index contributed by atoms with van der Waals surface area (Å²) in [6, 6.07) is 25.8. The van der Waals surface area contributed by atoms with E-state index in [1.165, 1.54) is 5.56 Å². The zero-order valence-electron chi connectivity index (χ0n) is 16.4. The minimum Gasteiger partial charge on any atom is -0.490 e. The molecule has 0 bridgehead atoms. The van der Waals surface area contributed by atoms with Crippen LogP contribution in [-0.2, 0) is 0 Å². The highest BCUT2D eigenvalue weighted by Gasteiger charge is 2.07. The van der Waals surface area contributed by atoms with Crippen LogP contribution >= 0.6 is 0 Å². The Balaban J connectivity index is 1.45. The predicted molar refractivity (Wildman–Crippen MR) is 114 cm³/mol. The fourth-order valence-electron chi connectivity index (χ4n) is 2.71. The number of ether oxygens (including phenoxy) is 3. The molecule has 1 atom stereocenters. The van der Waals surface area contributed by atoms with E-state index in [2.05, 4.69) is 24.4 Å². The summed E-state index contributed by atoms with van der Waals surface area (Å²) in [5.41, 5.74) is 2.17. The molecule has 0 aromatic heterocycles. The van der Waals surface area contributed by atoms with E-state index in [1.54, 1.807) is 0 Å². The highest BCUT2D eigenvalue weighted by atomic mass is 16.5. The van der Waals surface area contributed by atoms with E-state index >= 15 is 0 Å². The second kappa shape index (κ2) is 10.3. The molecule has 3 aromatic rings. The molecule has 0 spiro atoms. The third-order valence-electron chi connectivity index (χ3n) is 4.18. The summed E-state index contributed by atoms with van der Waals surface area (Å²) in [7, 11) is 0. The van der Waals surface area contributed by atoms with Gasteiger partial charge in [0, 0.05) is 0 Å². The van der Waals surface area contributed by atoms with Crippen molar-refractivity contribution in [2.24, 2.45) is 0 Å². The summed E-state index contributed by atoms with van der Waals surface area (Å²) in [4.78, 5) is 0. The van der Waals surface area contributed by atoms with Crippen LogP contribution in [0.2, 0.25) is 0 Å². The van der Waals surface area contributed by atoms with Crippen LogP contribution in [0.25, 0.3) is 0 Å². The topological polar surface area (TPSA) is 39.7 Å². The van der Waals surface area contributed by atoms with Gasteiger partial charge < -0.3 is 19.5 Å². The molecule has 0 aliphatic rings. The molecule has 3 aromatic carbocycles. The van der Waals surface area contributed by atoms with Crippen LogP contribution in [0.5, 0.6) is 17.2 Å². The van der Waals surface area contributed by atoms with Gasteiger partial charge in [0.25, 0.3) is 0 Å². The van der Waals surface area contributed by atoms with E-state index in [0.717, 1.165) is 22.9 Å². The van der Waals surface area contributed by atoms with Gasteiger partial charge in [-0.3, -0.25) is 0 Å². The molecule has 1 N–H and O–H groups in total. The number of hydrogen-bond donors (Lipinski definition) is 1. The van der Waals surface area contributed by atoms with Crippen molar-refractivity contribution in [2.45, 2.75) is 20.0 Å². The quantitative estimate of drug-likeness (QED) is 0.485. The first-order chi connectivity index (χ1) is 13.7. The number of anilines is 1. The second-order valence-corrected chi connectivity index (χ2v) is 6.63. The van der Waals surface area contributed by atoms with Gasteiger partial charge in [-0.2, -0.15) is 0 Å². The van der Waals surface area contributed by atoms with Crippen molar-refractivity contribution in [3.05, 3.63) is 84.4 Å². The Bertz CT molecular complexity index is 834. The first-order valence-corrected chi connectivity index (χ1v) is 9.57. The fraction of sp³-hybridized carbons (Fsp3) is 0.250. The summed E-state index contributed by atoms with van der Waals surface area (Å²) in [5, 5.41) is 3.41. The number of hydrogen-bond acceptors (Lipinski definition) is 4. The molecule has 0 saturated carbocycles. The van der Waals surface area contributed by atoms with Crippen LogP contribution < -0.4 is 19.5 Å². The SMILES string of the molecule is Cc1ccc(OC(C)CNc2ccccc2OCCOc2ccccc2)cc1. The molecule has 0 radical (unpaired) electrons. The minimum absolute atomic E-state index is 0.0252. The lowest BCUT2D eigenvalue weighted by molar-refractivity contribution is 0.217. The van der Waals surface area contributed by atoms with Crippen LogP contribution in [0.4, 0.5) is 5.69 Å². The zero-order valence-corrected chi connectivity index (χ0v) is 16.4. The van der Waals surface area contributed by atoms with Crippen molar-refractivity contribution in [1.82, 2.24) is 0 Å². The van der Waals surface area contributed by atoms with E-state index in [-0.39, 0.29) is 6.10 Å². The van der Waals surface area contributed by atoms with Gasteiger partial charge in [-0.1, -0.05) is 48.0 Å². The normalized spacial score (nSPS) is 11.5. The number of aryl methyl sites for hydroxylation is 1. The maximum absolute atomic E-state index is 5.96. The number of nitrogens with one attached hydrogen (secondary N) is 1. The van der Waals surface area contributed by atoms with Crippen LogP contribution in [0, 0.1) is 6.92 Å². The molecule has 0 aliphatic carbocycles. The molecule has 28 heavy (non-hydrogen) atoms. The molecule has 146 valence electrons. The van der Waals surface area contributed by atoms with E-state index in [1.807, 2.05) is 73.7 Å². The molecule has 4 heteroatoms. The second-order valence-electron chi connectivity index (χ2n) is 6.63. The largest absolute Gasteiger partial charge is 0.490 e. The maximum Gasteiger partial charge on any atom is 0.142 e. The molecule has 0 heterocycles. The third-order valence-corrected chi connectivity index (χ3v) is 4.18. The van der Waals surface area contributed by atoms with Crippen LogP contribution in [0.15, 0.2) is 78.9 Å². The Labute approximate surface area is 167 Å². The molecular formula is C24H27NO3. The van der Waals surface area contributed by atoms with Crippen LogP contribution in [-0.4, -0.2) is 25.9 Å². The van der Waals surface area contributed by atoms with Gasteiger partial charge in [-0.15, -0.1) is 0 Å². The van der Waals surface area contributed by atoms with Gasteiger partial charge in [-0.25, -0.2) is 0 Å². The Morgan fingerprint density at radius 3 is 2.21 bits per heavy atom. The van der Waals surface area contributed by atoms with Crippen LogP contribution in [0.1, 0.15) is 12.5 Å². The Hall–Kier alpha value is -3.14. The van der Waals surface area contributed by atoms with Gasteiger partial charge in [0.2, 0.25) is 0 Å². The van der Waals surface area contributed by atoms with Gasteiger partial charge >= 0.3 is 0 Å². The smallest absolute Gasteiger partial charge is 0.142 e. The average Bonchev–Trinajstić information content (AvgIpc) is 2.73. The number of benzene rings is 3. The molecule has 0 fully saturated rings. The lowest BCUT2D eigenvalue weighted by Crippen LogP contribution is -2.23. The van der Waals surface area contributed by atoms with Crippen molar-refractivity contribution >= 4 is 5.69 Å². The van der Waals surface area contributed by atoms with Crippen LogP contribution in [0.3, 0.4) is 0 Å². The van der Waals surface area contributed by atoms with Crippen molar-refractivity contribution < 1.29 is 14.2 Å².